The molecule has 0 radical (unpaired) electrons. The molecule has 0 heterocycles. The monoisotopic (exact) mass is 226 g/mol. The lowest BCUT2D eigenvalue weighted by Crippen LogP contribution is -2.44. The molecule has 0 spiro atoms. The summed E-state index contributed by atoms with van der Waals surface area (Å²) in [7, 11) is 0. The minimum Gasteiger partial charge on any atom is -0.330 e. The van der Waals surface area contributed by atoms with Crippen molar-refractivity contribution in [2.24, 2.45) is 17.1 Å². The van der Waals surface area contributed by atoms with Crippen molar-refractivity contribution >= 4 is 0 Å². The van der Waals surface area contributed by atoms with Crippen molar-refractivity contribution in [2.45, 2.75) is 65.3 Å². The van der Waals surface area contributed by atoms with Gasteiger partial charge in [0.2, 0.25) is 0 Å². The topological polar surface area (TPSA) is 38.0 Å². The molecule has 1 saturated carbocycles. The minimum absolute atomic E-state index is 0.450. The van der Waals surface area contributed by atoms with Gasteiger partial charge < -0.3 is 11.1 Å². The average Bonchev–Trinajstić information content (AvgIpc) is 2.24. The lowest BCUT2D eigenvalue weighted by Gasteiger charge is -2.41. The van der Waals surface area contributed by atoms with Crippen LogP contribution in [0.1, 0.15) is 59.3 Å². The van der Waals surface area contributed by atoms with Gasteiger partial charge in [0, 0.05) is 6.04 Å². The maximum absolute atomic E-state index is 5.52. The van der Waals surface area contributed by atoms with Crippen molar-refractivity contribution in [3.05, 3.63) is 0 Å². The van der Waals surface area contributed by atoms with Gasteiger partial charge in [0.05, 0.1) is 0 Å². The van der Waals surface area contributed by atoms with Crippen molar-refractivity contribution in [1.82, 2.24) is 5.32 Å². The Morgan fingerprint density at radius 2 is 1.81 bits per heavy atom. The summed E-state index contributed by atoms with van der Waals surface area (Å²) >= 11 is 0. The van der Waals surface area contributed by atoms with E-state index in [1.165, 1.54) is 32.1 Å². The highest BCUT2D eigenvalue weighted by molar-refractivity contribution is 4.88. The van der Waals surface area contributed by atoms with Gasteiger partial charge in [-0.05, 0) is 50.1 Å². The third-order valence-electron chi connectivity index (χ3n) is 3.92. The van der Waals surface area contributed by atoms with Crippen LogP contribution in [0.25, 0.3) is 0 Å². The van der Waals surface area contributed by atoms with Crippen LogP contribution < -0.4 is 11.1 Å². The molecule has 3 N–H and O–H groups in total. The first-order valence-corrected chi connectivity index (χ1v) is 6.99. The molecule has 16 heavy (non-hydrogen) atoms. The average molecular weight is 226 g/mol. The van der Waals surface area contributed by atoms with Gasteiger partial charge in [0.1, 0.15) is 0 Å². The summed E-state index contributed by atoms with van der Waals surface area (Å²) in [5, 5.41) is 3.76. The van der Waals surface area contributed by atoms with Crippen LogP contribution in [-0.4, -0.2) is 19.1 Å². The summed E-state index contributed by atoms with van der Waals surface area (Å²) in [6.07, 6.45) is 7.97. The van der Waals surface area contributed by atoms with Crippen molar-refractivity contribution in [1.29, 1.82) is 0 Å². The number of unbranched alkanes of at least 4 members (excludes halogenated alkanes) is 1. The van der Waals surface area contributed by atoms with Gasteiger partial charge in [-0.15, -0.1) is 0 Å². The fraction of sp³-hybridized carbons (Fsp3) is 1.00. The fourth-order valence-electron chi connectivity index (χ4n) is 2.97. The maximum atomic E-state index is 5.52. The van der Waals surface area contributed by atoms with Crippen LogP contribution in [0.3, 0.4) is 0 Å². The van der Waals surface area contributed by atoms with E-state index in [2.05, 4.69) is 26.1 Å². The first-order valence-electron chi connectivity index (χ1n) is 6.99. The van der Waals surface area contributed by atoms with E-state index in [0.29, 0.717) is 5.41 Å². The first kappa shape index (κ1) is 14.0. The number of hydrogen-bond donors (Lipinski definition) is 2. The standard InChI is InChI=1S/C14H30N2/c1-14(2,3)12-8-4-5-9-13(12)16-11-7-6-10-15/h12-13,16H,4-11,15H2,1-3H3. The van der Waals surface area contributed by atoms with Crippen molar-refractivity contribution in [3.63, 3.8) is 0 Å². The first-order chi connectivity index (χ1) is 7.55. The van der Waals surface area contributed by atoms with Crippen LogP contribution in [0, 0.1) is 11.3 Å². The second-order valence-corrected chi connectivity index (χ2v) is 6.31. The maximum Gasteiger partial charge on any atom is 0.0100 e. The second-order valence-electron chi connectivity index (χ2n) is 6.31. The molecule has 2 unspecified atom stereocenters. The van der Waals surface area contributed by atoms with Crippen LogP contribution in [0.15, 0.2) is 0 Å². The summed E-state index contributed by atoms with van der Waals surface area (Å²) in [4.78, 5) is 0. The Bertz CT molecular complexity index is 184. The Morgan fingerprint density at radius 3 is 2.44 bits per heavy atom. The van der Waals surface area contributed by atoms with E-state index < -0.39 is 0 Å². The Balaban J connectivity index is 2.35. The molecule has 1 fully saturated rings. The highest BCUT2D eigenvalue weighted by Gasteiger charge is 2.33. The zero-order valence-electron chi connectivity index (χ0n) is 11.4. The quantitative estimate of drug-likeness (QED) is 0.707. The largest absolute Gasteiger partial charge is 0.330 e. The third-order valence-corrected chi connectivity index (χ3v) is 3.92. The molecule has 1 aliphatic rings. The molecule has 0 aromatic heterocycles. The molecule has 2 atom stereocenters. The van der Waals surface area contributed by atoms with E-state index in [0.717, 1.165) is 31.5 Å². The predicted molar refractivity (Wildman–Crippen MR) is 71.5 cm³/mol. The van der Waals surface area contributed by atoms with E-state index in [1.807, 2.05) is 0 Å². The van der Waals surface area contributed by atoms with Crippen LogP contribution in [0.4, 0.5) is 0 Å². The van der Waals surface area contributed by atoms with Crippen LogP contribution >= 0.6 is 0 Å². The third kappa shape index (κ3) is 4.42. The zero-order chi connectivity index (χ0) is 12.0. The molecule has 0 aromatic rings. The summed E-state index contributed by atoms with van der Waals surface area (Å²) in [6, 6.07) is 0.742. The molecule has 0 aromatic carbocycles. The summed E-state index contributed by atoms with van der Waals surface area (Å²) < 4.78 is 0. The molecule has 2 nitrogen and oxygen atoms in total. The van der Waals surface area contributed by atoms with E-state index in [4.69, 9.17) is 5.73 Å². The molecule has 1 rings (SSSR count). The number of nitrogens with two attached hydrogens (primary N) is 1. The number of rotatable bonds is 5. The van der Waals surface area contributed by atoms with E-state index in [-0.39, 0.29) is 0 Å². The number of hydrogen-bond acceptors (Lipinski definition) is 2. The highest BCUT2D eigenvalue weighted by atomic mass is 14.9. The molecule has 0 bridgehead atoms. The van der Waals surface area contributed by atoms with Gasteiger partial charge in [-0.1, -0.05) is 33.6 Å². The molecule has 0 aliphatic heterocycles. The Kier molecular flexibility index (Phi) is 5.77. The van der Waals surface area contributed by atoms with Gasteiger partial charge in [-0.25, -0.2) is 0 Å². The molecule has 0 amide bonds. The zero-order valence-corrected chi connectivity index (χ0v) is 11.4. The van der Waals surface area contributed by atoms with Gasteiger partial charge in [-0.2, -0.15) is 0 Å². The van der Waals surface area contributed by atoms with Crippen molar-refractivity contribution in [2.75, 3.05) is 13.1 Å². The lowest BCUT2D eigenvalue weighted by atomic mass is 9.69. The molecule has 96 valence electrons. The van der Waals surface area contributed by atoms with Crippen molar-refractivity contribution < 1.29 is 0 Å². The van der Waals surface area contributed by atoms with Gasteiger partial charge >= 0.3 is 0 Å². The fourth-order valence-corrected chi connectivity index (χ4v) is 2.97. The van der Waals surface area contributed by atoms with E-state index >= 15 is 0 Å². The molecule has 0 saturated heterocycles. The van der Waals surface area contributed by atoms with Gasteiger partial charge in [-0.3, -0.25) is 0 Å². The normalized spacial score (nSPS) is 27.0. The predicted octanol–water partition coefficient (Wildman–Crippen LogP) is 2.92. The second kappa shape index (κ2) is 6.61. The summed E-state index contributed by atoms with van der Waals surface area (Å²) in [6.45, 7) is 9.14. The SMILES string of the molecule is CC(C)(C)C1CCCCC1NCCCCN. The van der Waals surface area contributed by atoms with Gasteiger partial charge in [0.15, 0.2) is 0 Å². The Morgan fingerprint density at radius 1 is 1.12 bits per heavy atom. The van der Waals surface area contributed by atoms with E-state index in [1.54, 1.807) is 0 Å². The molecular weight excluding hydrogens is 196 g/mol. The van der Waals surface area contributed by atoms with Crippen LogP contribution in [0.2, 0.25) is 0 Å². The number of nitrogens with one attached hydrogen (secondary N) is 1. The van der Waals surface area contributed by atoms with Crippen LogP contribution in [0.5, 0.6) is 0 Å². The molecule has 2 heteroatoms. The Labute approximate surface area is 101 Å². The minimum atomic E-state index is 0.450. The summed E-state index contributed by atoms with van der Waals surface area (Å²) in [5.74, 6) is 0.846. The smallest absolute Gasteiger partial charge is 0.0100 e. The Hall–Kier alpha value is -0.0800. The summed E-state index contributed by atoms with van der Waals surface area (Å²) in [5.41, 5.74) is 5.97. The van der Waals surface area contributed by atoms with Gasteiger partial charge in [0.25, 0.3) is 0 Å². The van der Waals surface area contributed by atoms with Crippen molar-refractivity contribution in [3.8, 4) is 0 Å². The molecular formula is C14H30N2. The molecule has 1 aliphatic carbocycles. The highest BCUT2D eigenvalue weighted by Crippen LogP contribution is 2.37. The van der Waals surface area contributed by atoms with E-state index in [9.17, 15) is 0 Å². The van der Waals surface area contributed by atoms with Crippen LogP contribution in [-0.2, 0) is 0 Å². The lowest BCUT2D eigenvalue weighted by molar-refractivity contribution is 0.131.